The Kier molecular flexibility index (Phi) is 3.86. The van der Waals surface area contributed by atoms with Crippen molar-refractivity contribution in [2.75, 3.05) is 6.54 Å². The van der Waals surface area contributed by atoms with Crippen LogP contribution in [0.3, 0.4) is 0 Å². The number of hydrogen-bond acceptors (Lipinski definition) is 1. The lowest BCUT2D eigenvalue weighted by Crippen LogP contribution is -2.55. The molecule has 110 valence electrons. The van der Waals surface area contributed by atoms with Crippen molar-refractivity contribution in [1.29, 1.82) is 0 Å². The first kappa shape index (κ1) is 14.3. The second-order valence-corrected chi connectivity index (χ2v) is 6.71. The van der Waals surface area contributed by atoms with Crippen molar-refractivity contribution >= 4 is 0 Å². The van der Waals surface area contributed by atoms with Gasteiger partial charge in [-0.3, -0.25) is 0 Å². The van der Waals surface area contributed by atoms with Crippen molar-refractivity contribution in [3.05, 3.63) is 60.2 Å². The highest BCUT2D eigenvalue weighted by molar-refractivity contribution is 5.63. The van der Waals surface area contributed by atoms with Gasteiger partial charge in [0.2, 0.25) is 0 Å². The number of hydrogen-bond donors (Lipinski definition) is 1. The van der Waals surface area contributed by atoms with Crippen LogP contribution in [0.15, 0.2) is 54.6 Å². The molecule has 0 aromatic heterocycles. The zero-order chi connectivity index (χ0) is 14.9. The molecule has 1 aliphatic carbocycles. The van der Waals surface area contributed by atoms with Crippen LogP contribution >= 0.6 is 0 Å². The van der Waals surface area contributed by atoms with Gasteiger partial charge < -0.3 is 5.32 Å². The highest BCUT2D eigenvalue weighted by Crippen LogP contribution is 2.52. The van der Waals surface area contributed by atoms with E-state index in [1.54, 1.807) is 0 Å². The molecule has 0 radical (unpaired) electrons. The summed E-state index contributed by atoms with van der Waals surface area (Å²) in [6.45, 7) is 8.03. The summed E-state index contributed by atoms with van der Waals surface area (Å²) in [6, 6.07) is 20.4. The molecule has 2 atom stereocenters. The van der Waals surface area contributed by atoms with Gasteiger partial charge in [0, 0.05) is 6.04 Å². The quantitative estimate of drug-likeness (QED) is 0.844. The minimum absolute atomic E-state index is 0.351. The lowest BCUT2D eigenvalue weighted by Gasteiger charge is -2.53. The maximum Gasteiger partial charge on any atom is 0.0130 e. The van der Waals surface area contributed by atoms with E-state index < -0.39 is 0 Å². The predicted molar refractivity (Wildman–Crippen MR) is 90.5 cm³/mol. The molecule has 1 aliphatic rings. The highest BCUT2D eigenvalue weighted by atomic mass is 15.0. The molecule has 0 spiro atoms. The van der Waals surface area contributed by atoms with Gasteiger partial charge in [0.15, 0.2) is 0 Å². The molecule has 0 saturated heterocycles. The third kappa shape index (κ3) is 2.63. The Labute approximate surface area is 128 Å². The summed E-state index contributed by atoms with van der Waals surface area (Å²) >= 11 is 0. The Morgan fingerprint density at radius 1 is 0.952 bits per heavy atom. The lowest BCUT2D eigenvalue weighted by molar-refractivity contribution is 0.0706. The summed E-state index contributed by atoms with van der Waals surface area (Å²) in [6.07, 6.45) is 1.26. The van der Waals surface area contributed by atoms with Gasteiger partial charge in [-0.25, -0.2) is 0 Å². The molecule has 2 aromatic carbocycles. The minimum Gasteiger partial charge on any atom is -0.314 e. The van der Waals surface area contributed by atoms with Crippen LogP contribution in [0.5, 0.6) is 0 Å². The van der Waals surface area contributed by atoms with Crippen molar-refractivity contribution < 1.29 is 0 Å². The molecule has 0 amide bonds. The molecule has 1 N–H and O–H groups in total. The zero-order valence-electron chi connectivity index (χ0n) is 13.3. The first-order valence-corrected chi connectivity index (χ1v) is 8.01. The smallest absolute Gasteiger partial charge is 0.0130 e. The zero-order valence-corrected chi connectivity index (χ0v) is 13.3. The van der Waals surface area contributed by atoms with E-state index in [0.29, 0.717) is 17.4 Å². The van der Waals surface area contributed by atoms with Crippen molar-refractivity contribution in [3.8, 4) is 11.1 Å². The monoisotopic (exact) mass is 279 g/mol. The highest BCUT2D eigenvalue weighted by Gasteiger charge is 2.47. The van der Waals surface area contributed by atoms with E-state index in [2.05, 4.69) is 80.7 Å². The summed E-state index contributed by atoms with van der Waals surface area (Å²) in [5.74, 6) is 0.673. The topological polar surface area (TPSA) is 12.0 Å². The van der Waals surface area contributed by atoms with E-state index in [1.807, 2.05) is 0 Å². The van der Waals surface area contributed by atoms with Gasteiger partial charge in [0.25, 0.3) is 0 Å². The molecule has 0 aliphatic heterocycles. The van der Waals surface area contributed by atoms with Crippen LogP contribution in [0.4, 0.5) is 0 Å². The van der Waals surface area contributed by atoms with Crippen molar-refractivity contribution in [3.63, 3.8) is 0 Å². The molecule has 1 fully saturated rings. The molecular formula is C20H25N. The largest absolute Gasteiger partial charge is 0.314 e. The van der Waals surface area contributed by atoms with Crippen LogP contribution < -0.4 is 5.32 Å². The average Bonchev–Trinajstić information content (AvgIpc) is 2.52. The first-order chi connectivity index (χ1) is 10.1. The van der Waals surface area contributed by atoms with Gasteiger partial charge in [-0.2, -0.15) is 0 Å². The fourth-order valence-corrected chi connectivity index (χ4v) is 3.62. The molecule has 21 heavy (non-hydrogen) atoms. The Morgan fingerprint density at radius 3 is 2.14 bits per heavy atom. The normalized spacial score (nSPS) is 23.6. The van der Waals surface area contributed by atoms with Gasteiger partial charge in [-0.05, 0) is 41.0 Å². The standard InChI is InChI=1S/C20H25N/c1-4-21-19-14-18(20(19,2)3)17-12-10-16(11-13-17)15-8-6-5-7-9-15/h5-13,18-19,21H,4,14H2,1-3H3. The molecule has 2 unspecified atom stereocenters. The average molecular weight is 279 g/mol. The van der Waals surface area contributed by atoms with Crippen LogP contribution in [0.25, 0.3) is 11.1 Å². The number of rotatable bonds is 4. The van der Waals surface area contributed by atoms with E-state index in [-0.39, 0.29) is 0 Å². The fourth-order valence-electron chi connectivity index (χ4n) is 3.62. The second-order valence-electron chi connectivity index (χ2n) is 6.71. The van der Waals surface area contributed by atoms with E-state index >= 15 is 0 Å². The van der Waals surface area contributed by atoms with E-state index in [1.165, 1.54) is 23.1 Å². The molecule has 0 heterocycles. The third-order valence-electron chi connectivity index (χ3n) is 5.14. The van der Waals surface area contributed by atoms with Gasteiger partial charge in [-0.1, -0.05) is 75.4 Å². The molecule has 3 rings (SSSR count). The second kappa shape index (κ2) is 5.65. The Balaban J connectivity index is 1.77. The van der Waals surface area contributed by atoms with E-state index in [9.17, 15) is 0 Å². The van der Waals surface area contributed by atoms with Gasteiger partial charge in [0.05, 0.1) is 0 Å². The van der Waals surface area contributed by atoms with Gasteiger partial charge in [0.1, 0.15) is 0 Å². The summed E-state index contributed by atoms with van der Waals surface area (Å²) in [7, 11) is 0. The Bertz CT molecular complexity index is 583. The summed E-state index contributed by atoms with van der Waals surface area (Å²) in [4.78, 5) is 0. The Morgan fingerprint density at radius 2 is 1.57 bits per heavy atom. The maximum absolute atomic E-state index is 3.61. The number of benzene rings is 2. The van der Waals surface area contributed by atoms with Crippen LogP contribution in [0.2, 0.25) is 0 Å². The molecule has 1 heteroatoms. The lowest BCUT2D eigenvalue weighted by atomic mass is 9.56. The van der Waals surface area contributed by atoms with Crippen LogP contribution in [0, 0.1) is 5.41 Å². The summed E-state index contributed by atoms with van der Waals surface area (Å²) < 4.78 is 0. The van der Waals surface area contributed by atoms with E-state index in [4.69, 9.17) is 0 Å². The first-order valence-electron chi connectivity index (χ1n) is 8.01. The van der Waals surface area contributed by atoms with Gasteiger partial charge in [-0.15, -0.1) is 0 Å². The molecule has 1 nitrogen and oxygen atoms in total. The van der Waals surface area contributed by atoms with Crippen LogP contribution in [0.1, 0.15) is 38.7 Å². The fraction of sp³-hybridized carbons (Fsp3) is 0.400. The van der Waals surface area contributed by atoms with E-state index in [0.717, 1.165) is 6.54 Å². The summed E-state index contributed by atoms with van der Waals surface area (Å²) in [5.41, 5.74) is 4.43. The molecular weight excluding hydrogens is 254 g/mol. The van der Waals surface area contributed by atoms with Crippen LogP contribution in [-0.2, 0) is 0 Å². The van der Waals surface area contributed by atoms with Crippen molar-refractivity contribution in [1.82, 2.24) is 5.32 Å². The summed E-state index contributed by atoms with van der Waals surface area (Å²) in [5, 5.41) is 3.61. The molecule has 2 aromatic rings. The predicted octanol–water partition coefficient (Wildman–Crippen LogP) is 4.85. The third-order valence-corrected chi connectivity index (χ3v) is 5.14. The number of nitrogens with one attached hydrogen (secondary N) is 1. The van der Waals surface area contributed by atoms with Crippen molar-refractivity contribution in [2.24, 2.45) is 5.41 Å². The Hall–Kier alpha value is -1.60. The maximum atomic E-state index is 3.61. The minimum atomic E-state index is 0.351. The molecule has 0 bridgehead atoms. The van der Waals surface area contributed by atoms with Crippen molar-refractivity contribution in [2.45, 2.75) is 39.2 Å². The molecule has 1 saturated carbocycles. The van der Waals surface area contributed by atoms with Gasteiger partial charge >= 0.3 is 0 Å². The SMILES string of the molecule is CCNC1CC(c2ccc(-c3ccccc3)cc2)C1(C)C. The van der Waals surface area contributed by atoms with Crippen LogP contribution in [-0.4, -0.2) is 12.6 Å².